The van der Waals surface area contributed by atoms with E-state index in [1.54, 1.807) is 19.3 Å². The number of esters is 1. The highest BCUT2D eigenvalue weighted by Crippen LogP contribution is 2.26. The van der Waals surface area contributed by atoms with Gasteiger partial charge in [-0.3, -0.25) is 14.8 Å². The van der Waals surface area contributed by atoms with Crippen molar-refractivity contribution in [3.05, 3.63) is 35.9 Å². The van der Waals surface area contributed by atoms with Crippen molar-refractivity contribution in [3.63, 3.8) is 0 Å². The van der Waals surface area contributed by atoms with Gasteiger partial charge in [0.2, 0.25) is 11.8 Å². The van der Waals surface area contributed by atoms with Gasteiger partial charge in [0.1, 0.15) is 6.04 Å². The van der Waals surface area contributed by atoms with Crippen LogP contribution in [0, 0.1) is 17.8 Å². The first-order valence-electron chi connectivity index (χ1n) is 10.7. The van der Waals surface area contributed by atoms with Gasteiger partial charge in [0.05, 0.1) is 12.0 Å². The monoisotopic (exact) mass is 420 g/mol. The van der Waals surface area contributed by atoms with Crippen LogP contribution in [-0.2, 0) is 25.5 Å². The van der Waals surface area contributed by atoms with Crippen molar-refractivity contribution in [2.45, 2.75) is 72.4 Å². The Morgan fingerprint density at radius 3 is 2.13 bits per heavy atom. The van der Waals surface area contributed by atoms with Crippen LogP contribution in [0.3, 0.4) is 0 Å². The molecule has 30 heavy (non-hydrogen) atoms. The third-order valence-electron chi connectivity index (χ3n) is 4.83. The zero-order valence-electron chi connectivity index (χ0n) is 18.7. The Balaban J connectivity index is 3.12. The summed E-state index contributed by atoms with van der Waals surface area (Å²) < 4.78 is 5.35. The molecule has 0 aromatic heterocycles. The molecule has 0 spiro atoms. The minimum Gasteiger partial charge on any atom is -0.461 e. The molecular formula is C23H36N2O5. The lowest BCUT2D eigenvalue weighted by atomic mass is 9.81. The maximum Gasteiger partial charge on any atom is 0.329 e. The molecule has 168 valence electrons. The third kappa shape index (κ3) is 8.53. The Morgan fingerprint density at radius 1 is 1.00 bits per heavy atom. The van der Waals surface area contributed by atoms with Gasteiger partial charge in [-0.05, 0) is 38.2 Å². The van der Waals surface area contributed by atoms with Crippen LogP contribution < -0.4 is 10.8 Å². The Hall–Kier alpha value is -2.41. The molecule has 3 unspecified atom stereocenters. The van der Waals surface area contributed by atoms with Gasteiger partial charge in [-0.2, -0.15) is 0 Å². The standard InChI is InChI=1S/C23H36N2O5/c1-6-10-18(22(27)25-29)19(13-15(2)3)21(26)24-20(23(28)30-16(4)5)14-17-11-8-7-9-12-17/h7-9,11-12,15-16,18-20,29H,6,10,13-14H2,1-5H3,(H,24,26)(H,25,27). The van der Waals surface area contributed by atoms with Crippen molar-refractivity contribution in [1.29, 1.82) is 0 Å². The maximum absolute atomic E-state index is 13.2. The van der Waals surface area contributed by atoms with E-state index in [0.717, 1.165) is 5.56 Å². The fraction of sp³-hybridized carbons (Fsp3) is 0.609. The molecular weight excluding hydrogens is 384 g/mol. The van der Waals surface area contributed by atoms with Crippen LogP contribution in [0.25, 0.3) is 0 Å². The van der Waals surface area contributed by atoms with E-state index in [-0.39, 0.29) is 24.3 Å². The number of hydrogen-bond acceptors (Lipinski definition) is 5. The molecule has 0 aliphatic rings. The van der Waals surface area contributed by atoms with Crippen LogP contribution in [0.15, 0.2) is 30.3 Å². The molecule has 1 rings (SSSR count). The Labute approximate surface area is 179 Å². The van der Waals surface area contributed by atoms with Gasteiger partial charge in [-0.1, -0.05) is 57.5 Å². The van der Waals surface area contributed by atoms with E-state index in [4.69, 9.17) is 9.94 Å². The lowest BCUT2D eigenvalue weighted by Gasteiger charge is -2.28. The van der Waals surface area contributed by atoms with Crippen LogP contribution in [0.5, 0.6) is 0 Å². The molecule has 1 aromatic carbocycles. The SMILES string of the molecule is CCCC(C(=O)NO)C(CC(C)C)C(=O)NC(Cc1ccccc1)C(=O)OC(C)C. The van der Waals surface area contributed by atoms with Gasteiger partial charge >= 0.3 is 5.97 Å². The molecule has 0 radical (unpaired) electrons. The third-order valence-corrected chi connectivity index (χ3v) is 4.83. The van der Waals surface area contributed by atoms with Crippen LogP contribution in [-0.4, -0.2) is 35.1 Å². The van der Waals surface area contributed by atoms with Crippen molar-refractivity contribution in [2.24, 2.45) is 17.8 Å². The van der Waals surface area contributed by atoms with E-state index in [1.807, 2.05) is 51.1 Å². The predicted molar refractivity (Wildman–Crippen MR) is 115 cm³/mol. The lowest BCUT2D eigenvalue weighted by Crippen LogP contribution is -2.49. The molecule has 0 aliphatic carbocycles. The van der Waals surface area contributed by atoms with Gasteiger partial charge in [-0.25, -0.2) is 10.3 Å². The number of carbonyl (C=O) groups excluding carboxylic acids is 3. The van der Waals surface area contributed by atoms with Crippen molar-refractivity contribution in [1.82, 2.24) is 10.8 Å². The highest BCUT2D eigenvalue weighted by atomic mass is 16.5. The normalized spacial score (nSPS) is 14.1. The molecule has 3 atom stereocenters. The minimum absolute atomic E-state index is 0.154. The second-order valence-electron chi connectivity index (χ2n) is 8.34. The van der Waals surface area contributed by atoms with E-state index in [0.29, 0.717) is 19.3 Å². The second kappa shape index (κ2) is 13.0. The van der Waals surface area contributed by atoms with Gasteiger partial charge in [-0.15, -0.1) is 0 Å². The van der Waals surface area contributed by atoms with Crippen molar-refractivity contribution >= 4 is 17.8 Å². The van der Waals surface area contributed by atoms with Gasteiger partial charge < -0.3 is 10.1 Å². The second-order valence-corrected chi connectivity index (χ2v) is 8.34. The predicted octanol–water partition coefficient (Wildman–Crippen LogP) is 3.25. The van der Waals surface area contributed by atoms with Crippen molar-refractivity contribution < 1.29 is 24.3 Å². The average molecular weight is 421 g/mol. The highest BCUT2D eigenvalue weighted by molar-refractivity contribution is 5.90. The van der Waals surface area contributed by atoms with E-state index in [9.17, 15) is 14.4 Å². The number of amides is 2. The molecule has 7 nitrogen and oxygen atoms in total. The average Bonchev–Trinajstić information content (AvgIpc) is 2.69. The van der Waals surface area contributed by atoms with E-state index < -0.39 is 29.8 Å². The minimum atomic E-state index is -0.864. The first-order valence-corrected chi connectivity index (χ1v) is 10.7. The smallest absolute Gasteiger partial charge is 0.329 e. The summed E-state index contributed by atoms with van der Waals surface area (Å²) in [5.74, 6) is -2.66. The zero-order valence-corrected chi connectivity index (χ0v) is 18.7. The Morgan fingerprint density at radius 2 is 1.63 bits per heavy atom. The van der Waals surface area contributed by atoms with Gasteiger partial charge in [0.25, 0.3) is 0 Å². The van der Waals surface area contributed by atoms with E-state index in [2.05, 4.69) is 5.32 Å². The molecule has 7 heteroatoms. The lowest BCUT2D eigenvalue weighted by molar-refractivity contribution is -0.152. The number of ether oxygens (including phenoxy) is 1. The summed E-state index contributed by atoms with van der Waals surface area (Å²) in [6, 6.07) is 8.51. The van der Waals surface area contributed by atoms with Gasteiger partial charge in [0.15, 0.2) is 0 Å². The summed E-state index contributed by atoms with van der Waals surface area (Å²) in [5.41, 5.74) is 2.58. The fourth-order valence-electron chi connectivity index (χ4n) is 3.51. The first kappa shape index (κ1) is 25.6. The quantitative estimate of drug-likeness (QED) is 0.273. The van der Waals surface area contributed by atoms with Gasteiger partial charge in [0, 0.05) is 12.3 Å². The first-order chi connectivity index (χ1) is 14.2. The summed E-state index contributed by atoms with van der Waals surface area (Å²) in [6.07, 6.45) is 1.57. The summed E-state index contributed by atoms with van der Waals surface area (Å²) in [5, 5.41) is 12.0. The number of rotatable bonds is 12. The molecule has 0 saturated heterocycles. The van der Waals surface area contributed by atoms with Crippen molar-refractivity contribution in [3.8, 4) is 0 Å². The summed E-state index contributed by atoms with van der Waals surface area (Å²) in [4.78, 5) is 38.1. The summed E-state index contributed by atoms with van der Waals surface area (Å²) in [6.45, 7) is 9.36. The Kier molecular flexibility index (Phi) is 11.1. The number of hydroxylamine groups is 1. The number of hydrogen-bond donors (Lipinski definition) is 3. The molecule has 2 amide bonds. The Bertz CT molecular complexity index is 675. The van der Waals surface area contributed by atoms with Crippen LogP contribution in [0.1, 0.15) is 59.4 Å². The van der Waals surface area contributed by atoms with Crippen LogP contribution >= 0.6 is 0 Å². The molecule has 0 bridgehead atoms. The molecule has 0 saturated carbocycles. The number of nitrogens with one attached hydrogen (secondary N) is 2. The molecule has 0 aliphatic heterocycles. The molecule has 0 fully saturated rings. The number of carbonyl (C=O) groups is 3. The molecule has 0 heterocycles. The fourth-order valence-corrected chi connectivity index (χ4v) is 3.51. The highest BCUT2D eigenvalue weighted by Gasteiger charge is 2.35. The van der Waals surface area contributed by atoms with Crippen molar-refractivity contribution in [2.75, 3.05) is 0 Å². The topological polar surface area (TPSA) is 105 Å². The largest absolute Gasteiger partial charge is 0.461 e. The number of benzene rings is 1. The zero-order chi connectivity index (χ0) is 22.7. The summed E-state index contributed by atoms with van der Waals surface area (Å²) >= 11 is 0. The van der Waals surface area contributed by atoms with Crippen LogP contribution in [0.4, 0.5) is 0 Å². The molecule has 3 N–H and O–H groups in total. The summed E-state index contributed by atoms with van der Waals surface area (Å²) in [7, 11) is 0. The maximum atomic E-state index is 13.2. The van der Waals surface area contributed by atoms with E-state index in [1.165, 1.54) is 0 Å². The van der Waals surface area contributed by atoms with Crippen LogP contribution in [0.2, 0.25) is 0 Å². The molecule has 1 aromatic rings. The van der Waals surface area contributed by atoms with E-state index >= 15 is 0 Å².